The molecule has 0 aliphatic carbocycles. The highest BCUT2D eigenvalue weighted by Crippen LogP contribution is 2.30. The molecule has 202 valence electrons. The van der Waals surface area contributed by atoms with Crippen molar-refractivity contribution in [2.45, 2.75) is 26.6 Å². The highest BCUT2D eigenvalue weighted by atomic mass is 35.5. The lowest BCUT2D eigenvalue weighted by molar-refractivity contribution is -0.143. The van der Waals surface area contributed by atoms with Gasteiger partial charge in [-0.3, -0.25) is 4.79 Å². The van der Waals surface area contributed by atoms with Crippen molar-refractivity contribution in [3.05, 3.63) is 69.2 Å². The minimum absolute atomic E-state index is 0. The summed E-state index contributed by atoms with van der Waals surface area (Å²) in [4.78, 5) is 26.1. The van der Waals surface area contributed by atoms with Crippen molar-refractivity contribution in [3.8, 4) is 17.2 Å². The lowest BCUT2D eigenvalue weighted by Gasteiger charge is -2.23. The number of rotatable bonds is 11. The van der Waals surface area contributed by atoms with Gasteiger partial charge in [-0.1, -0.05) is 25.4 Å². The van der Waals surface area contributed by atoms with E-state index in [1.54, 1.807) is 18.2 Å². The first-order valence-corrected chi connectivity index (χ1v) is 11.5. The maximum absolute atomic E-state index is 12.8. The highest BCUT2D eigenvalue weighted by molar-refractivity contribution is 6.30. The fraction of sp³-hybridized carbons (Fsp3) is 0.375. The van der Waals surface area contributed by atoms with Crippen molar-refractivity contribution < 1.29 is 32.2 Å². The van der Waals surface area contributed by atoms with E-state index in [9.17, 15) is 27.9 Å². The van der Waals surface area contributed by atoms with Crippen LogP contribution in [-0.4, -0.2) is 52.0 Å². The Hall–Kier alpha value is -3.02. The molecule has 1 heterocycles. The van der Waals surface area contributed by atoms with E-state index in [-0.39, 0.29) is 37.0 Å². The van der Waals surface area contributed by atoms with E-state index in [4.69, 9.17) is 20.8 Å². The molecule has 13 heteroatoms. The van der Waals surface area contributed by atoms with Crippen molar-refractivity contribution in [1.82, 2.24) is 14.7 Å². The maximum atomic E-state index is 12.8. The van der Waals surface area contributed by atoms with E-state index < -0.39 is 29.4 Å². The molecule has 3 rings (SSSR count). The van der Waals surface area contributed by atoms with Crippen molar-refractivity contribution in [3.63, 3.8) is 0 Å². The van der Waals surface area contributed by atoms with Gasteiger partial charge in [0, 0.05) is 22.7 Å². The van der Waals surface area contributed by atoms with Gasteiger partial charge in [0.1, 0.15) is 18.3 Å². The molecule has 0 aliphatic rings. The van der Waals surface area contributed by atoms with Crippen molar-refractivity contribution in [2.75, 3.05) is 26.2 Å². The smallest absolute Gasteiger partial charge is 0.437 e. The number of carboxylic acid groups (broad SMARTS) is 1. The van der Waals surface area contributed by atoms with E-state index in [1.165, 1.54) is 0 Å². The molecule has 1 atom stereocenters. The van der Waals surface area contributed by atoms with Gasteiger partial charge in [0.15, 0.2) is 0 Å². The first-order chi connectivity index (χ1) is 17.0. The summed E-state index contributed by atoms with van der Waals surface area (Å²) < 4.78 is 50.3. The average molecular weight is 564 g/mol. The Morgan fingerprint density at radius 3 is 2.41 bits per heavy atom. The van der Waals surface area contributed by atoms with Crippen LogP contribution in [0.1, 0.15) is 25.0 Å². The van der Waals surface area contributed by atoms with Crippen LogP contribution in [0.2, 0.25) is 5.02 Å². The Kier molecular flexibility index (Phi) is 10.6. The fourth-order valence-electron chi connectivity index (χ4n) is 3.48. The van der Waals surface area contributed by atoms with Crippen LogP contribution in [0.15, 0.2) is 51.7 Å². The molecular weight excluding hydrogens is 538 g/mol. The van der Waals surface area contributed by atoms with E-state index in [1.807, 2.05) is 18.7 Å². The second kappa shape index (κ2) is 13.0. The third kappa shape index (κ3) is 7.98. The van der Waals surface area contributed by atoms with Gasteiger partial charge in [0.2, 0.25) is 5.89 Å². The zero-order chi connectivity index (χ0) is 26.5. The molecule has 0 fully saturated rings. The van der Waals surface area contributed by atoms with Crippen molar-refractivity contribution in [2.24, 2.45) is 5.92 Å². The number of aliphatic carboxylic acids is 1. The second-order valence-electron chi connectivity index (χ2n) is 7.99. The monoisotopic (exact) mass is 563 g/mol. The van der Waals surface area contributed by atoms with E-state index in [0.717, 1.165) is 28.9 Å². The summed E-state index contributed by atoms with van der Waals surface area (Å²) in [7, 11) is 0. The molecule has 0 amide bonds. The number of nitrogens with zero attached hydrogens (tertiary/aromatic N) is 3. The van der Waals surface area contributed by atoms with Crippen LogP contribution in [0.25, 0.3) is 11.5 Å². The average Bonchev–Trinajstić information content (AvgIpc) is 3.19. The minimum Gasteiger partial charge on any atom is -0.492 e. The standard InChI is InChI=1S/C24H25ClF3N3O5.ClH/c1-3-30(4-2)12-17(22(32)33)14-35-20-10-9-19(25)11-16(20)13-31-23(34)36-21(29-31)15-5-7-18(8-6-15)24(26,27)28;/h5-11,17H,3-4,12-14H2,1-2H3,(H,32,33);1H. The molecule has 0 bridgehead atoms. The summed E-state index contributed by atoms with van der Waals surface area (Å²) in [5, 5.41) is 14.0. The minimum atomic E-state index is -4.49. The molecular formula is C24H26Cl2F3N3O5. The van der Waals surface area contributed by atoms with E-state index >= 15 is 0 Å². The summed E-state index contributed by atoms with van der Waals surface area (Å²) in [5.41, 5.74) is -0.194. The van der Waals surface area contributed by atoms with Gasteiger partial charge in [-0.2, -0.15) is 17.9 Å². The van der Waals surface area contributed by atoms with Crippen LogP contribution in [0.4, 0.5) is 13.2 Å². The lowest BCUT2D eigenvalue weighted by Crippen LogP contribution is -2.36. The first-order valence-electron chi connectivity index (χ1n) is 11.1. The normalized spacial score (nSPS) is 12.3. The Morgan fingerprint density at radius 2 is 1.84 bits per heavy atom. The Balaban J connectivity index is 0.00000481. The topological polar surface area (TPSA) is 97.8 Å². The molecule has 1 aromatic heterocycles. The molecule has 0 spiro atoms. The molecule has 1 N–H and O–H groups in total. The van der Waals surface area contributed by atoms with Gasteiger partial charge < -0.3 is 19.2 Å². The summed E-state index contributed by atoms with van der Waals surface area (Å²) in [6.07, 6.45) is -4.49. The number of benzene rings is 2. The largest absolute Gasteiger partial charge is 0.492 e. The van der Waals surface area contributed by atoms with Crippen LogP contribution < -0.4 is 10.5 Å². The molecule has 3 aromatic rings. The van der Waals surface area contributed by atoms with E-state index in [0.29, 0.717) is 36.0 Å². The number of aromatic nitrogens is 2. The quantitative estimate of drug-likeness (QED) is 0.348. The van der Waals surface area contributed by atoms with Gasteiger partial charge in [-0.25, -0.2) is 4.79 Å². The number of hydrogen-bond acceptors (Lipinski definition) is 6. The molecule has 8 nitrogen and oxygen atoms in total. The fourth-order valence-corrected chi connectivity index (χ4v) is 3.68. The Labute approximate surface area is 222 Å². The molecule has 1 unspecified atom stereocenters. The third-order valence-corrected chi connectivity index (χ3v) is 5.81. The third-order valence-electron chi connectivity index (χ3n) is 5.57. The van der Waals surface area contributed by atoms with Crippen LogP contribution in [0, 0.1) is 5.92 Å². The zero-order valence-electron chi connectivity index (χ0n) is 20.0. The summed E-state index contributed by atoms with van der Waals surface area (Å²) in [6.45, 7) is 5.36. The Bertz CT molecular complexity index is 1240. The molecule has 37 heavy (non-hydrogen) atoms. The molecule has 0 saturated carbocycles. The molecule has 2 aromatic carbocycles. The SMILES string of the molecule is CCN(CC)CC(COc1ccc(Cl)cc1Cn1nc(-c2ccc(C(F)(F)F)cc2)oc1=O)C(=O)O.Cl. The van der Waals surface area contributed by atoms with E-state index in [2.05, 4.69) is 5.10 Å². The zero-order valence-corrected chi connectivity index (χ0v) is 21.6. The van der Waals surface area contributed by atoms with Crippen molar-refractivity contribution in [1.29, 1.82) is 0 Å². The predicted molar refractivity (Wildman–Crippen MR) is 133 cm³/mol. The summed E-state index contributed by atoms with van der Waals surface area (Å²) in [6, 6.07) is 8.75. The predicted octanol–water partition coefficient (Wildman–Crippen LogP) is 5.07. The molecule has 0 aliphatic heterocycles. The Morgan fingerprint density at radius 1 is 1.19 bits per heavy atom. The molecule has 0 saturated heterocycles. The number of ether oxygens (including phenoxy) is 1. The van der Waals surface area contributed by atoms with Crippen LogP contribution >= 0.6 is 24.0 Å². The molecule has 0 radical (unpaired) electrons. The lowest BCUT2D eigenvalue weighted by atomic mass is 10.1. The summed E-state index contributed by atoms with van der Waals surface area (Å²) >= 11 is 6.12. The summed E-state index contributed by atoms with van der Waals surface area (Å²) in [5.74, 6) is -2.44. The number of halogens is 5. The van der Waals surface area contributed by atoms with Gasteiger partial charge in [-0.15, -0.1) is 17.5 Å². The van der Waals surface area contributed by atoms with Crippen LogP contribution in [0.3, 0.4) is 0 Å². The van der Waals surface area contributed by atoms with Gasteiger partial charge >= 0.3 is 17.9 Å². The van der Waals surface area contributed by atoms with Crippen LogP contribution in [-0.2, 0) is 17.5 Å². The van der Waals surface area contributed by atoms with Crippen molar-refractivity contribution >= 4 is 30.0 Å². The first kappa shape index (κ1) is 30.2. The number of hydrogen-bond donors (Lipinski definition) is 1. The maximum Gasteiger partial charge on any atom is 0.437 e. The van der Waals surface area contributed by atoms with Crippen LogP contribution in [0.5, 0.6) is 5.75 Å². The van der Waals surface area contributed by atoms with Gasteiger partial charge in [0.05, 0.1) is 12.1 Å². The highest BCUT2D eigenvalue weighted by Gasteiger charge is 2.30. The second-order valence-corrected chi connectivity index (χ2v) is 8.43. The number of alkyl halides is 3. The van der Waals surface area contributed by atoms with Gasteiger partial charge in [0.25, 0.3) is 0 Å². The number of carboxylic acids is 1. The van der Waals surface area contributed by atoms with Gasteiger partial charge in [-0.05, 0) is 55.6 Å². The number of carbonyl (C=O) groups is 1.